The second-order valence-corrected chi connectivity index (χ2v) is 6.79. The smallest absolute Gasteiger partial charge is 0.145 e. The van der Waals surface area contributed by atoms with E-state index in [1.54, 1.807) is 12.4 Å². The maximum absolute atomic E-state index is 13.6. The first-order valence-corrected chi connectivity index (χ1v) is 8.98. The molecule has 1 aliphatic rings. The summed E-state index contributed by atoms with van der Waals surface area (Å²) < 4.78 is 24.9. The fourth-order valence-electron chi connectivity index (χ4n) is 3.10. The van der Waals surface area contributed by atoms with E-state index in [9.17, 15) is 4.39 Å². The van der Waals surface area contributed by atoms with Gasteiger partial charge >= 0.3 is 0 Å². The van der Waals surface area contributed by atoms with Crippen LogP contribution in [0.5, 0.6) is 11.5 Å². The number of benzene rings is 2. The summed E-state index contributed by atoms with van der Waals surface area (Å²) in [6.07, 6.45) is 3.75. The summed E-state index contributed by atoms with van der Waals surface area (Å²) >= 11 is 5.72. The molecule has 7 heteroatoms. The van der Waals surface area contributed by atoms with Crippen molar-refractivity contribution in [3.8, 4) is 11.5 Å². The van der Waals surface area contributed by atoms with E-state index in [0.29, 0.717) is 17.4 Å². The summed E-state index contributed by atoms with van der Waals surface area (Å²) in [6.45, 7) is 2.48. The highest BCUT2D eigenvalue weighted by atomic mass is 35.5. The molecule has 1 saturated heterocycles. The van der Waals surface area contributed by atoms with E-state index < -0.39 is 5.82 Å². The molecule has 0 saturated carbocycles. The largest absolute Gasteiger partial charge is 0.457 e. The monoisotopic (exact) mass is 375 g/mol. The predicted molar refractivity (Wildman–Crippen MR) is 99.6 cm³/mol. The molecule has 5 nitrogen and oxygen atoms in total. The third-order valence-corrected chi connectivity index (χ3v) is 4.85. The number of hydrogen-bond acceptors (Lipinski definition) is 4. The number of rotatable bonds is 5. The van der Waals surface area contributed by atoms with Gasteiger partial charge in [-0.15, -0.1) is 0 Å². The number of aromatic nitrogens is 2. The second kappa shape index (κ2) is 7.51. The normalized spacial score (nSPS) is 15.3. The average Bonchev–Trinajstić information content (AvgIpc) is 3.12. The van der Waals surface area contributed by atoms with Crippen molar-refractivity contribution in [2.75, 3.05) is 25.1 Å². The van der Waals surface area contributed by atoms with Crippen LogP contribution in [-0.2, 0) is 4.74 Å². The topological polar surface area (TPSA) is 59.2 Å². The molecule has 2 aromatic carbocycles. The van der Waals surface area contributed by atoms with E-state index in [-0.39, 0.29) is 5.02 Å². The molecule has 4 rings (SSSR count). The van der Waals surface area contributed by atoms with Gasteiger partial charge in [-0.25, -0.2) is 9.37 Å². The summed E-state index contributed by atoms with van der Waals surface area (Å²) in [5.41, 5.74) is 2.60. The standard InChI is InChI=1S/C19H19ClFN3O2/c20-15-2-1-13(7-16(15)21)26-14-8-17(19-18(9-14)23-11-24-19)22-10-12-3-5-25-6-4-12/h1-2,7-9,11-12,22H,3-6,10H2,(H,23,24). The highest BCUT2D eigenvalue weighted by molar-refractivity contribution is 6.30. The fraction of sp³-hybridized carbons (Fsp3) is 0.316. The summed E-state index contributed by atoms with van der Waals surface area (Å²) in [6, 6.07) is 8.11. The van der Waals surface area contributed by atoms with Gasteiger partial charge in [0.1, 0.15) is 22.8 Å². The lowest BCUT2D eigenvalue weighted by Crippen LogP contribution is -2.22. The average molecular weight is 376 g/mol. The molecule has 136 valence electrons. The maximum atomic E-state index is 13.6. The number of aromatic amines is 1. The minimum Gasteiger partial charge on any atom is -0.457 e. The Balaban J connectivity index is 1.56. The molecule has 0 aliphatic carbocycles. The van der Waals surface area contributed by atoms with Gasteiger partial charge < -0.3 is 19.8 Å². The van der Waals surface area contributed by atoms with Crippen molar-refractivity contribution in [1.82, 2.24) is 9.97 Å². The molecule has 0 amide bonds. The molecular formula is C19H19ClFN3O2. The molecule has 1 aliphatic heterocycles. The first-order chi connectivity index (χ1) is 12.7. The quantitative estimate of drug-likeness (QED) is 0.659. The van der Waals surface area contributed by atoms with Gasteiger partial charge in [0.15, 0.2) is 0 Å². The van der Waals surface area contributed by atoms with Crippen molar-refractivity contribution in [1.29, 1.82) is 0 Å². The van der Waals surface area contributed by atoms with Crippen molar-refractivity contribution in [2.24, 2.45) is 5.92 Å². The van der Waals surface area contributed by atoms with Crippen LogP contribution in [0.2, 0.25) is 5.02 Å². The molecule has 1 aromatic heterocycles. The van der Waals surface area contributed by atoms with Gasteiger partial charge in [-0.2, -0.15) is 0 Å². The molecule has 3 aromatic rings. The molecule has 0 spiro atoms. The van der Waals surface area contributed by atoms with E-state index in [1.807, 2.05) is 12.1 Å². The molecule has 0 radical (unpaired) electrons. The number of imidazole rings is 1. The summed E-state index contributed by atoms with van der Waals surface area (Å²) in [4.78, 5) is 7.48. The lowest BCUT2D eigenvalue weighted by molar-refractivity contribution is 0.0699. The number of fused-ring (bicyclic) bond motifs is 1. The minimum absolute atomic E-state index is 0.0696. The Morgan fingerprint density at radius 3 is 2.88 bits per heavy atom. The molecule has 0 unspecified atom stereocenters. The number of nitrogens with one attached hydrogen (secondary N) is 2. The Labute approximate surface area is 155 Å². The SMILES string of the molecule is Fc1cc(Oc2cc(NCC3CCOCC3)c3nc[nH]c3c2)ccc1Cl. The number of anilines is 1. The first kappa shape index (κ1) is 17.1. The molecule has 1 fully saturated rings. The van der Waals surface area contributed by atoms with E-state index >= 15 is 0 Å². The first-order valence-electron chi connectivity index (χ1n) is 8.61. The van der Waals surface area contributed by atoms with Gasteiger partial charge in [-0.1, -0.05) is 11.6 Å². The molecule has 0 bridgehead atoms. The minimum atomic E-state index is -0.510. The molecule has 0 atom stereocenters. The van der Waals surface area contributed by atoms with E-state index in [4.69, 9.17) is 21.1 Å². The zero-order chi connectivity index (χ0) is 17.9. The summed E-state index contributed by atoms with van der Waals surface area (Å²) in [7, 11) is 0. The highest BCUT2D eigenvalue weighted by Crippen LogP contribution is 2.32. The van der Waals surface area contributed by atoms with Crippen molar-refractivity contribution in [3.05, 3.63) is 47.5 Å². The predicted octanol–water partition coefficient (Wildman–Crippen LogP) is 4.99. The van der Waals surface area contributed by atoms with Gasteiger partial charge in [0.25, 0.3) is 0 Å². The molecule has 2 N–H and O–H groups in total. The van der Waals surface area contributed by atoms with Crippen LogP contribution >= 0.6 is 11.6 Å². The lowest BCUT2D eigenvalue weighted by atomic mass is 10.0. The zero-order valence-electron chi connectivity index (χ0n) is 14.1. The van der Waals surface area contributed by atoms with Gasteiger partial charge in [0, 0.05) is 38.0 Å². The number of nitrogens with zero attached hydrogens (tertiary/aromatic N) is 1. The number of ether oxygens (including phenoxy) is 2. The molecule has 2 heterocycles. The van der Waals surface area contributed by atoms with Gasteiger partial charge in [0.05, 0.1) is 22.6 Å². The number of halogens is 2. The third-order valence-electron chi connectivity index (χ3n) is 4.55. The lowest BCUT2D eigenvalue weighted by Gasteiger charge is -2.22. The van der Waals surface area contributed by atoms with Crippen LogP contribution in [0.1, 0.15) is 12.8 Å². The molecule has 26 heavy (non-hydrogen) atoms. The number of hydrogen-bond donors (Lipinski definition) is 2. The van der Waals surface area contributed by atoms with Crippen molar-refractivity contribution >= 4 is 28.3 Å². The van der Waals surface area contributed by atoms with Crippen LogP contribution in [0.15, 0.2) is 36.7 Å². The Morgan fingerprint density at radius 2 is 2.08 bits per heavy atom. The van der Waals surface area contributed by atoms with E-state index in [2.05, 4.69) is 15.3 Å². The van der Waals surface area contributed by atoms with Gasteiger partial charge in [-0.05, 0) is 30.9 Å². The van der Waals surface area contributed by atoms with Crippen LogP contribution in [0, 0.1) is 11.7 Å². The fourth-order valence-corrected chi connectivity index (χ4v) is 3.22. The van der Waals surface area contributed by atoms with Crippen LogP contribution in [0.25, 0.3) is 11.0 Å². The Kier molecular flexibility index (Phi) is 4.95. The Hall–Kier alpha value is -2.31. The molecular weight excluding hydrogens is 357 g/mol. The summed E-state index contributed by atoms with van der Waals surface area (Å²) in [5, 5.41) is 3.55. The van der Waals surface area contributed by atoms with E-state index in [1.165, 1.54) is 12.1 Å². The third kappa shape index (κ3) is 3.76. The van der Waals surface area contributed by atoms with E-state index in [0.717, 1.165) is 49.3 Å². The van der Waals surface area contributed by atoms with Crippen LogP contribution in [0.4, 0.5) is 10.1 Å². The van der Waals surface area contributed by atoms with Gasteiger partial charge in [0.2, 0.25) is 0 Å². The van der Waals surface area contributed by atoms with Crippen molar-refractivity contribution in [3.63, 3.8) is 0 Å². The Morgan fingerprint density at radius 1 is 1.23 bits per heavy atom. The van der Waals surface area contributed by atoms with Crippen LogP contribution in [-0.4, -0.2) is 29.7 Å². The Bertz CT molecular complexity index is 909. The zero-order valence-corrected chi connectivity index (χ0v) is 14.9. The number of H-pyrrole nitrogens is 1. The van der Waals surface area contributed by atoms with Crippen molar-refractivity contribution in [2.45, 2.75) is 12.8 Å². The highest BCUT2D eigenvalue weighted by Gasteiger charge is 2.15. The second-order valence-electron chi connectivity index (χ2n) is 6.38. The van der Waals surface area contributed by atoms with Gasteiger partial charge in [-0.3, -0.25) is 0 Å². The summed E-state index contributed by atoms with van der Waals surface area (Å²) in [5.74, 6) is 1.05. The van der Waals surface area contributed by atoms with Crippen LogP contribution in [0.3, 0.4) is 0 Å². The van der Waals surface area contributed by atoms with Crippen LogP contribution < -0.4 is 10.1 Å². The van der Waals surface area contributed by atoms with Crippen molar-refractivity contribution < 1.29 is 13.9 Å². The maximum Gasteiger partial charge on any atom is 0.145 e.